The van der Waals surface area contributed by atoms with Gasteiger partial charge in [-0.25, -0.2) is 9.78 Å². The van der Waals surface area contributed by atoms with E-state index < -0.39 is 12.1 Å². The number of aliphatic carboxylic acids is 1. The van der Waals surface area contributed by atoms with Gasteiger partial charge in [-0.3, -0.25) is 0 Å². The largest absolute Gasteiger partial charge is 0.479 e. The Morgan fingerprint density at radius 1 is 1.12 bits per heavy atom. The number of benzene rings is 2. The second-order valence-corrected chi connectivity index (χ2v) is 9.03. The van der Waals surface area contributed by atoms with Crippen LogP contribution in [0, 0.1) is 5.92 Å². The van der Waals surface area contributed by atoms with Gasteiger partial charge in [0.25, 0.3) is 0 Å². The first-order chi connectivity index (χ1) is 15.6. The standard InChI is InChI=1S/C27H34N2O3/c1-2-3-13-26-28-23-11-7-8-12-24(23)29(26)19-21-14-16-22(17-15-21)32-25(27(30)31)18-20-9-5-4-6-10-20/h7-8,11-12,14-17,20,25H,2-6,9-10,13,18-19H2,1H3,(H,30,31). The zero-order valence-electron chi connectivity index (χ0n) is 19.0. The van der Waals surface area contributed by atoms with Crippen molar-refractivity contribution in [3.05, 3.63) is 59.9 Å². The Hall–Kier alpha value is -2.82. The van der Waals surface area contributed by atoms with Crippen LogP contribution < -0.4 is 4.74 Å². The highest BCUT2D eigenvalue weighted by molar-refractivity contribution is 5.76. The van der Waals surface area contributed by atoms with Gasteiger partial charge in [-0.05, 0) is 48.6 Å². The molecule has 1 unspecified atom stereocenters. The molecule has 170 valence electrons. The number of para-hydroxylation sites is 2. The van der Waals surface area contributed by atoms with Crippen molar-refractivity contribution in [2.75, 3.05) is 0 Å². The molecule has 1 aromatic heterocycles. The number of imidazole rings is 1. The lowest BCUT2D eigenvalue weighted by Gasteiger charge is -2.25. The molecular weight excluding hydrogens is 400 g/mol. The molecule has 0 aliphatic heterocycles. The predicted octanol–water partition coefficient (Wildman–Crippen LogP) is 6.23. The molecule has 4 rings (SSSR count). The van der Waals surface area contributed by atoms with E-state index in [0.29, 0.717) is 18.1 Å². The minimum absolute atomic E-state index is 0.459. The summed E-state index contributed by atoms with van der Waals surface area (Å²) in [5, 5.41) is 9.66. The van der Waals surface area contributed by atoms with Gasteiger partial charge < -0.3 is 14.4 Å². The molecule has 1 saturated carbocycles. The lowest BCUT2D eigenvalue weighted by Crippen LogP contribution is -2.30. The summed E-state index contributed by atoms with van der Waals surface area (Å²) in [6.45, 7) is 2.94. The molecule has 5 heteroatoms. The van der Waals surface area contributed by atoms with E-state index in [1.54, 1.807) is 0 Å². The third-order valence-electron chi connectivity index (χ3n) is 6.58. The number of fused-ring (bicyclic) bond motifs is 1. The average Bonchev–Trinajstić information content (AvgIpc) is 3.16. The van der Waals surface area contributed by atoms with Crippen LogP contribution in [0.3, 0.4) is 0 Å². The van der Waals surface area contributed by atoms with Gasteiger partial charge in [0.05, 0.1) is 11.0 Å². The Kier molecular flexibility index (Phi) is 7.46. The van der Waals surface area contributed by atoms with Gasteiger partial charge >= 0.3 is 5.97 Å². The topological polar surface area (TPSA) is 64.4 Å². The van der Waals surface area contributed by atoms with Gasteiger partial charge in [-0.1, -0.05) is 69.7 Å². The normalized spacial score (nSPS) is 15.7. The maximum absolute atomic E-state index is 11.8. The maximum atomic E-state index is 11.8. The Morgan fingerprint density at radius 2 is 1.88 bits per heavy atom. The monoisotopic (exact) mass is 434 g/mol. The average molecular weight is 435 g/mol. The van der Waals surface area contributed by atoms with Crippen LogP contribution in [0.15, 0.2) is 48.5 Å². The van der Waals surface area contributed by atoms with E-state index in [1.807, 2.05) is 30.3 Å². The molecule has 0 amide bonds. The van der Waals surface area contributed by atoms with Crippen LogP contribution in [0.25, 0.3) is 11.0 Å². The fourth-order valence-electron chi connectivity index (χ4n) is 4.77. The van der Waals surface area contributed by atoms with Crippen LogP contribution in [0.1, 0.15) is 69.7 Å². The number of ether oxygens (including phenoxy) is 1. The molecule has 1 N–H and O–H groups in total. The molecule has 1 atom stereocenters. The van der Waals surface area contributed by atoms with Crippen molar-refractivity contribution in [3.8, 4) is 5.75 Å². The zero-order valence-corrected chi connectivity index (χ0v) is 19.0. The van der Waals surface area contributed by atoms with Crippen LogP contribution in [0.2, 0.25) is 0 Å². The molecule has 2 aromatic carbocycles. The van der Waals surface area contributed by atoms with Crippen molar-refractivity contribution in [1.82, 2.24) is 9.55 Å². The third kappa shape index (κ3) is 5.50. The quantitative estimate of drug-likeness (QED) is 0.411. The molecule has 0 saturated heterocycles. The molecule has 0 spiro atoms. The lowest BCUT2D eigenvalue weighted by molar-refractivity contribution is -0.146. The number of rotatable bonds is 10. The van der Waals surface area contributed by atoms with Gasteiger partial charge in [0.15, 0.2) is 6.10 Å². The molecule has 0 bridgehead atoms. The first kappa shape index (κ1) is 22.4. The number of carbonyl (C=O) groups is 1. The van der Waals surface area contributed by atoms with Crippen molar-refractivity contribution >= 4 is 17.0 Å². The minimum atomic E-state index is -0.870. The Morgan fingerprint density at radius 3 is 2.59 bits per heavy atom. The van der Waals surface area contributed by atoms with Crippen molar-refractivity contribution in [2.45, 2.75) is 77.4 Å². The first-order valence-corrected chi connectivity index (χ1v) is 12.1. The smallest absolute Gasteiger partial charge is 0.344 e. The number of aromatic nitrogens is 2. The van der Waals surface area contributed by atoms with E-state index in [-0.39, 0.29) is 0 Å². The van der Waals surface area contributed by atoms with Crippen LogP contribution >= 0.6 is 0 Å². The summed E-state index contributed by atoms with van der Waals surface area (Å²) in [5.41, 5.74) is 3.33. The summed E-state index contributed by atoms with van der Waals surface area (Å²) in [7, 11) is 0. The van der Waals surface area contributed by atoms with Crippen molar-refractivity contribution in [2.24, 2.45) is 5.92 Å². The molecule has 32 heavy (non-hydrogen) atoms. The third-order valence-corrected chi connectivity index (χ3v) is 6.58. The molecule has 5 nitrogen and oxygen atoms in total. The molecule has 3 aromatic rings. The molecule has 0 radical (unpaired) electrons. The number of hydrogen-bond donors (Lipinski definition) is 1. The Balaban J connectivity index is 1.46. The van der Waals surface area contributed by atoms with Crippen molar-refractivity contribution < 1.29 is 14.6 Å². The number of carboxylic acids is 1. The van der Waals surface area contributed by atoms with E-state index in [9.17, 15) is 9.90 Å². The summed E-state index contributed by atoms with van der Waals surface area (Å²) in [4.78, 5) is 16.6. The highest BCUT2D eigenvalue weighted by Gasteiger charge is 2.25. The van der Waals surface area contributed by atoms with Crippen LogP contribution in [-0.2, 0) is 17.8 Å². The van der Waals surface area contributed by atoms with E-state index in [2.05, 4.69) is 29.7 Å². The predicted molar refractivity (Wildman–Crippen MR) is 127 cm³/mol. The Labute approximate surface area is 190 Å². The van der Waals surface area contributed by atoms with E-state index in [0.717, 1.165) is 61.1 Å². The fourth-order valence-corrected chi connectivity index (χ4v) is 4.77. The SMILES string of the molecule is CCCCc1nc2ccccc2n1Cc1ccc(OC(CC2CCCCC2)C(=O)O)cc1. The first-order valence-electron chi connectivity index (χ1n) is 12.1. The van der Waals surface area contributed by atoms with Crippen LogP contribution in [-0.4, -0.2) is 26.7 Å². The molecule has 1 aliphatic carbocycles. The van der Waals surface area contributed by atoms with Gasteiger partial charge in [0, 0.05) is 13.0 Å². The van der Waals surface area contributed by atoms with Gasteiger partial charge in [0.2, 0.25) is 0 Å². The zero-order chi connectivity index (χ0) is 22.3. The second-order valence-electron chi connectivity index (χ2n) is 9.03. The van der Waals surface area contributed by atoms with E-state index in [4.69, 9.17) is 9.72 Å². The van der Waals surface area contributed by atoms with Gasteiger partial charge in [0.1, 0.15) is 11.6 Å². The maximum Gasteiger partial charge on any atom is 0.344 e. The number of nitrogens with zero attached hydrogens (tertiary/aromatic N) is 2. The fraction of sp³-hybridized carbons (Fsp3) is 0.481. The molecule has 1 heterocycles. The summed E-state index contributed by atoms with van der Waals surface area (Å²) in [6, 6.07) is 16.1. The highest BCUT2D eigenvalue weighted by atomic mass is 16.5. The van der Waals surface area contributed by atoms with Crippen LogP contribution in [0.4, 0.5) is 0 Å². The van der Waals surface area contributed by atoms with Gasteiger partial charge in [-0.15, -0.1) is 0 Å². The molecule has 1 fully saturated rings. The number of carboxylic acid groups (broad SMARTS) is 1. The second kappa shape index (κ2) is 10.7. The summed E-state index contributed by atoms with van der Waals surface area (Å²) >= 11 is 0. The van der Waals surface area contributed by atoms with Crippen molar-refractivity contribution in [3.63, 3.8) is 0 Å². The van der Waals surface area contributed by atoms with Crippen molar-refractivity contribution in [1.29, 1.82) is 0 Å². The number of unbranched alkanes of at least 4 members (excludes halogenated alkanes) is 1. The highest BCUT2D eigenvalue weighted by Crippen LogP contribution is 2.29. The van der Waals surface area contributed by atoms with E-state index >= 15 is 0 Å². The molecule has 1 aliphatic rings. The lowest BCUT2D eigenvalue weighted by atomic mass is 9.85. The summed E-state index contributed by atoms with van der Waals surface area (Å²) < 4.78 is 8.19. The summed E-state index contributed by atoms with van der Waals surface area (Å²) in [6.07, 6.45) is 8.95. The molecular formula is C27H34N2O3. The summed E-state index contributed by atoms with van der Waals surface area (Å²) in [5.74, 6) is 1.33. The minimum Gasteiger partial charge on any atom is -0.479 e. The number of aryl methyl sites for hydroxylation is 1. The van der Waals surface area contributed by atoms with Gasteiger partial charge in [-0.2, -0.15) is 0 Å². The van der Waals surface area contributed by atoms with Crippen LogP contribution in [0.5, 0.6) is 5.75 Å². The van der Waals surface area contributed by atoms with E-state index in [1.165, 1.54) is 19.3 Å². The Bertz CT molecular complexity index is 1020. The number of hydrogen-bond acceptors (Lipinski definition) is 3.